The summed E-state index contributed by atoms with van der Waals surface area (Å²) in [6.45, 7) is 6.60. The molecule has 0 aromatic carbocycles. The van der Waals surface area contributed by atoms with E-state index in [4.69, 9.17) is 9.15 Å². The van der Waals surface area contributed by atoms with E-state index in [2.05, 4.69) is 27.3 Å². The van der Waals surface area contributed by atoms with Crippen LogP contribution in [0.25, 0.3) is 0 Å². The summed E-state index contributed by atoms with van der Waals surface area (Å²) in [6, 6.07) is 3.59. The number of nitrogens with zero attached hydrogens (tertiary/aromatic N) is 6. The molecule has 0 aliphatic carbocycles. The quantitative estimate of drug-likeness (QED) is 0.754. The van der Waals surface area contributed by atoms with Gasteiger partial charge in [0.25, 0.3) is 5.91 Å². The molecule has 2 aliphatic heterocycles. The van der Waals surface area contributed by atoms with Gasteiger partial charge in [0.15, 0.2) is 11.6 Å². The Kier molecular flexibility index (Phi) is 5.49. The highest BCUT2D eigenvalue weighted by atomic mass is 16.5. The van der Waals surface area contributed by atoms with Crippen molar-refractivity contribution in [2.45, 2.75) is 44.9 Å². The molecule has 0 bridgehead atoms. The minimum Gasteiger partial charge on any atom is -0.459 e. The number of amides is 1. The normalized spacial score (nSPS) is 22.3. The number of carbonyl (C=O) groups is 1. The fourth-order valence-corrected chi connectivity index (χ4v) is 3.96. The van der Waals surface area contributed by atoms with Crippen molar-refractivity contribution in [3.8, 4) is 0 Å². The lowest BCUT2D eigenvalue weighted by Crippen LogP contribution is -2.50. The Bertz CT molecular complexity index is 732. The fraction of sp³-hybridized carbons (Fsp3) is 0.667. The van der Waals surface area contributed by atoms with Gasteiger partial charge in [-0.3, -0.25) is 9.69 Å². The van der Waals surface area contributed by atoms with E-state index in [1.807, 2.05) is 9.58 Å². The smallest absolute Gasteiger partial charge is 0.289 e. The molecule has 2 aromatic rings. The minimum absolute atomic E-state index is 0.0454. The average molecular weight is 374 g/mol. The fourth-order valence-electron chi connectivity index (χ4n) is 3.96. The van der Waals surface area contributed by atoms with Gasteiger partial charge in [-0.2, -0.15) is 0 Å². The number of rotatable bonds is 6. The maximum absolute atomic E-state index is 12.4. The number of carbonyl (C=O) groups excluding carboxylic acids is 1. The van der Waals surface area contributed by atoms with Gasteiger partial charge in [-0.05, 0) is 41.8 Å². The van der Waals surface area contributed by atoms with Crippen LogP contribution in [0.15, 0.2) is 22.8 Å². The Morgan fingerprint density at radius 3 is 2.85 bits per heavy atom. The van der Waals surface area contributed by atoms with Gasteiger partial charge < -0.3 is 14.1 Å². The number of hydrogen-bond acceptors (Lipinski definition) is 7. The third-order valence-corrected chi connectivity index (χ3v) is 5.42. The molecule has 0 N–H and O–H groups in total. The van der Waals surface area contributed by atoms with Crippen LogP contribution >= 0.6 is 0 Å². The summed E-state index contributed by atoms with van der Waals surface area (Å²) in [4.78, 5) is 16.7. The Morgan fingerprint density at radius 2 is 2.19 bits per heavy atom. The predicted molar refractivity (Wildman–Crippen MR) is 96.0 cm³/mol. The van der Waals surface area contributed by atoms with E-state index in [1.165, 1.54) is 6.26 Å². The molecule has 2 aromatic heterocycles. The molecule has 2 saturated heterocycles. The zero-order valence-electron chi connectivity index (χ0n) is 15.7. The third-order valence-electron chi connectivity index (χ3n) is 5.42. The highest BCUT2D eigenvalue weighted by molar-refractivity contribution is 5.91. The molecule has 0 saturated carbocycles. The van der Waals surface area contributed by atoms with E-state index in [1.54, 1.807) is 12.1 Å². The lowest BCUT2D eigenvalue weighted by atomic mass is 10.1. The first-order chi connectivity index (χ1) is 13.3. The molecule has 2 fully saturated rings. The molecule has 9 nitrogen and oxygen atoms in total. The molecule has 27 heavy (non-hydrogen) atoms. The van der Waals surface area contributed by atoms with Crippen molar-refractivity contribution >= 4 is 5.91 Å². The van der Waals surface area contributed by atoms with E-state index >= 15 is 0 Å². The van der Waals surface area contributed by atoms with Crippen molar-refractivity contribution in [1.29, 1.82) is 0 Å². The summed E-state index contributed by atoms with van der Waals surface area (Å²) in [7, 11) is 0. The molecule has 4 rings (SSSR count). The van der Waals surface area contributed by atoms with E-state index < -0.39 is 0 Å². The summed E-state index contributed by atoms with van der Waals surface area (Å²) in [5.41, 5.74) is 0. The largest absolute Gasteiger partial charge is 0.459 e. The number of piperazine rings is 1. The number of ether oxygens (including phenoxy) is 1. The second-order valence-electron chi connectivity index (χ2n) is 7.08. The van der Waals surface area contributed by atoms with Gasteiger partial charge in [-0.15, -0.1) is 5.10 Å². The van der Waals surface area contributed by atoms with E-state index in [-0.39, 0.29) is 18.1 Å². The van der Waals surface area contributed by atoms with Gasteiger partial charge in [0.2, 0.25) is 0 Å². The van der Waals surface area contributed by atoms with Gasteiger partial charge >= 0.3 is 0 Å². The van der Waals surface area contributed by atoms with Crippen LogP contribution in [0.1, 0.15) is 48.6 Å². The summed E-state index contributed by atoms with van der Waals surface area (Å²) in [5.74, 6) is 1.24. The van der Waals surface area contributed by atoms with Crippen molar-refractivity contribution in [2.24, 2.45) is 0 Å². The van der Waals surface area contributed by atoms with Crippen LogP contribution in [0.4, 0.5) is 0 Å². The molecule has 1 amide bonds. The van der Waals surface area contributed by atoms with Gasteiger partial charge in [0, 0.05) is 32.8 Å². The summed E-state index contributed by atoms with van der Waals surface area (Å²) in [5, 5.41) is 12.4. The van der Waals surface area contributed by atoms with E-state index in [0.29, 0.717) is 25.4 Å². The van der Waals surface area contributed by atoms with Crippen molar-refractivity contribution in [3.63, 3.8) is 0 Å². The zero-order chi connectivity index (χ0) is 18.6. The Morgan fingerprint density at radius 1 is 1.33 bits per heavy atom. The Balaban J connectivity index is 1.39. The highest BCUT2D eigenvalue weighted by Gasteiger charge is 2.31. The van der Waals surface area contributed by atoms with Crippen molar-refractivity contribution in [3.05, 3.63) is 30.0 Å². The zero-order valence-corrected chi connectivity index (χ0v) is 15.7. The molecular weight excluding hydrogens is 348 g/mol. The van der Waals surface area contributed by atoms with Crippen molar-refractivity contribution in [1.82, 2.24) is 30.0 Å². The van der Waals surface area contributed by atoms with Crippen LogP contribution in [0.2, 0.25) is 0 Å². The topological polar surface area (TPSA) is 89.5 Å². The van der Waals surface area contributed by atoms with Crippen molar-refractivity contribution < 1.29 is 13.9 Å². The number of hydrogen-bond donors (Lipinski definition) is 0. The Labute approximate surface area is 158 Å². The van der Waals surface area contributed by atoms with Crippen LogP contribution in [-0.4, -0.2) is 74.8 Å². The third kappa shape index (κ3) is 3.89. The molecule has 0 spiro atoms. The Hall–Kier alpha value is -2.26. The first-order valence-electron chi connectivity index (χ1n) is 9.70. The first-order valence-corrected chi connectivity index (χ1v) is 9.70. The molecule has 146 valence electrons. The van der Waals surface area contributed by atoms with Gasteiger partial charge in [-0.1, -0.05) is 6.92 Å². The molecule has 4 heterocycles. The summed E-state index contributed by atoms with van der Waals surface area (Å²) >= 11 is 0. The maximum Gasteiger partial charge on any atom is 0.289 e. The molecule has 2 atom stereocenters. The maximum atomic E-state index is 12.4. The lowest BCUT2D eigenvalue weighted by Gasteiger charge is -2.38. The lowest BCUT2D eigenvalue weighted by molar-refractivity contribution is 0.0510. The SMILES string of the molecule is CC[C@H](c1nnnn1C[C@@H]1CCCO1)N1CCN(C(=O)c2ccco2)CC1. The standard InChI is InChI=1S/C18H26N6O3/c1-2-15(17-19-20-21-24(17)13-14-5-3-11-26-14)22-7-9-23(10-8-22)18(25)16-6-4-12-27-16/h4,6,12,14-15H,2-3,5,7-11,13H2,1H3/t14-,15+/m0/s1. The molecule has 2 aliphatic rings. The van der Waals surface area contributed by atoms with Crippen LogP contribution in [-0.2, 0) is 11.3 Å². The van der Waals surface area contributed by atoms with Crippen LogP contribution in [0, 0.1) is 0 Å². The van der Waals surface area contributed by atoms with Crippen molar-refractivity contribution in [2.75, 3.05) is 32.8 Å². The summed E-state index contributed by atoms with van der Waals surface area (Å²) in [6.07, 6.45) is 4.81. The second kappa shape index (κ2) is 8.18. The summed E-state index contributed by atoms with van der Waals surface area (Å²) < 4.78 is 12.9. The number of tetrazole rings is 1. The van der Waals surface area contributed by atoms with Gasteiger partial charge in [0.05, 0.1) is 25.0 Å². The second-order valence-corrected chi connectivity index (χ2v) is 7.08. The molecular formula is C18H26N6O3. The van der Waals surface area contributed by atoms with Gasteiger partial charge in [-0.25, -0.2) is 4.68 Å². The predicted octanol–water partition coefficient (Wildman–Crippen LogP) is 1.35. The van der Waals surface area contributed by atoms with Gasteiger partial charge in [0.1, 0.15) is 0 Å². The number of furan rings is 1. The minimum atomic E-state index is -0.0454. The monoisotopic (exact) mass is 374 g/mol. The van der Waals surface area contributed by atoms with Crippen LogP contribution in [0.5, 0.6) is 0 Å². The molecule has 0 unspecified atom stereocenters. The van der Waals surface area contributed by atoms with E-state index in [9.17, 15) is 4.79 Å². The average Bonchev–Trinajstić information content (AvgIpc) is 3.46. The first kappa shape index (κ1) is 18.1. The molecule has 9 heteroatoms. The van der Waals surface area contributed by atoms with E-state index in [0.717, 1.165) is 44.8 Å². The molecule has 0 radical (unpaired) electrons. The number of aromatic nitrogens is 4. The van der Waals surface area contributed by atoms with Crippen LogP contribution < -0.4 is 0 Å². The van der Waals surface area contributed by atoms with Crippen LogP contribution in [0.3, 0.4) is 0 Å². The highest BCUT2D eigenvalue weighted by Crippen LogP contribution is 2.25.